The van der Waals surface area contributed by atoms with Crippen LogP contribution >= 0.6 is 0 Å². The van der Waals surface area contributed by atoms with Crippen LogP contribution < -0.4 is 10.6 Å². The number of nitrogens with one attached hydrogen (secondary N) is 2. The zero-order valence-corrected chi connectivity index (χ0v) is 11.6. The highest BCUT2D eigenvalue weighted by Gasteiger charge is 2.44. The van der Waals surface area contributed by atoms with Gasteiger partial charge in [-0.2, -0.15) is 0 Å². The zero-order chi connectivity index (χ0) is 12.6. The van der Waals surface area contributed by atoms with E-state index in [4.69, 9.17) is 0 Å². The topological polar surface area (TPSA) is 24.1 Å². The van der Waals surface area contributed by atoms with Crippen molar-refractivity contribution in [1.29, 1.82) is 0 Å². The Labute approximate surface area is 110 Å². The zero-order valence-electron chi connectivity index (χ0n) is 11.6. The third-order valence-electron chi connectivity index (χ3n) is 4.85. The summed E-state index contributed by atoms with van der Waals surface area (Å²) in [4.78, 5) is 0. The van der Waals surface area contributed by atoms with Gasteiger partial charge in [-0.05, 0) is 69.2 Å². The first kappa shape index (κ1) is 12.0. The van der Waals surface area contributed by atoms with Crippen LogP contribution in [0.5, 0.6) is 0 Å². The minimum atomic E-state index is 0.666. The van der Waals surface area contributed by atoms with Crippen molar-refractivity contribution in [2.75, 3.05) is 18.4 Å². The minimum Gasteiger partial charge on any atom is -0.382 e. The number of para-hydroxylation sites is 1. The van der Waals surface area contributed by atoms with Gasteiger partial charge in [0.1, 0.15) is 0 Å². The Morgan fingerprint density at radius 2 is 1.72 bits per heavy atom. The minimum absolute atomic E-state index is 0.666. The summed E-state index contributed by atoms with van der Waals surface area (Å²) in [6.07, 6.45) is 5.47. The molecular weight excluding hydrogens is 220 g/mol. The fourth-order valence-electron chi connectivity index (χ4n) is 3.70. The van der Waals surface area contributed by atoms with Gasteiger partial charge in [-0.25, -0.2) is 0 Å². The summed E-state index contributed by atoms with van der Waals surface area (Å²) in [5.74, 6) is 0. The SMILES string of the molecule is Cc1cccc(C)c1NC1CC2(CCNCC2)C1. The smallest absolute Gasteiger partial charge is 0.0401 e. The summed E-state index contributed by atoms with van der Waals surface area (Å²) in [5.41, 5.74) is 4.79. The van der Waals surface area contributed by atoms with E-state index in [9.17, 15) is 0 Å². The second-order valence-electron chi connectivity index (χ2n) is 6.27. The summed E-state index contributed by atoms with van der Waals surface area (Å²) in [6, 6.07) is 7.25. The third kappa shape index (κ3) is 2.14. The highest BCUT2D eigenvalue weighted by molar-refractivity contribution is 5.57. The number of benzene rings is 1. The molecule has 0 bridgehead atoms. The molecule has 1 aliphatic heterocycles. The van der Waals surface area contributed by atoms with Crippen molar-refractivity contribution < 1.29 is 0 Å². The van der Waals surface area contributed by atoms with Gasteiger partial charge in [0.05, 0.1) is 0 Å². The third-order valence-corrected chi connectivity index (χ3v) is 4.85. The van der Waals surface area contributed by atoms with E-state index in [1.54, 1.807) is 0 Å². The lowest BCUT2D eigenvalue weighted by Gasteiger charge is -2.51. The van der Waals surface area contributed by atoms with Crippen LogP contribution in [0, 0.1) is 19.3 Å². The second-order valence-corrected chi connectivity index (χ2v) is 6.27. The molecule has 2 N–H and O–H groups in total. The molecule has 0 amide bonds. The first-order valence-electron chi connectivity index (χ1n) is 7.22. The Balaban J connectivity index is 1.62. The Hall–Kier alpha value is -1.02. The molecule has 2 heteroatoms. The van der Waals surface area contributed by atoms with E-state index in [1.807, 2.05) is 0 Å². The van der Waals surface area contributed by atoms with Crippen LogP contribution in [0.15, 0.2) is 18.2 Å². The van der Waals surface area contributed by atoms with Crippen LogP contribution in [0.4, 0.5) is 5.69 Å². The molecule has 3 rings (SSSR count). The highest BCUT2D eigenvalue weighted by Crippen LogP contribution is 2.49. The van der Waals surface area contributed by atoms with E-state index in [2.05, 4.69) is 42.7 Å². The lowest BCUT2D eigenvalue weighted by molar-refractivity contribution is 0.0718. The number of piperidine rings is 1. The van der Waals surface area contributed by atoms with E-state index in [0.717, 1.165) is 0 Å². The number of rotatable bonds is 2. The van der Waals surface area contributed by atoms with Gasteiger partial charge in [0, 0.05) is 11.7 Å². The van der Waals surface area contributed by atoms with Crippen LogP contribution in [0.1, 0.15) is 36.8 Å². The van der Waals surface area contributed by atoms with E-state index >= 15 is 0 Å². The molecule has 2 nitrogen and oxygen atoms in total. The lowest BCUT2D eigenvalue weighted by atomic mass is 9.60. The summed E-state index contributed by atoms with van der Waals surface area (Å²) < 4.78 is 0. The summed E-state index contributed by atoms with van der Waals surface area (Å²) in [7, 11) is 0. The Kier molecular flexibility index (Phi) is 3.06. The predicted molar refractivity (Wildman–Crippen MR) is 77.1 cm³/mol. The van der Waals surface area contributed by atoms with Crippen LogP contribution in [0.25, 0.3) is 0 Å². The molecule has 1 saturated heterocycles. The highest BCUT2D eigenvalue weighted by atomic mass is 15.0. The van der Waals surface area contributed by atoms with Crippen LogP contribution in [0.2, 0.25) is 0 Å². The molecular formula is C16H24N2. The van der Waals surface area contributed by atoms with Gasteiger partial charge in [0.2, 0.25) is 0 Å². The Bertz CT molecular complexity index is 404. The second kappa shape index (κ2) is 4.58. The molecule has 0 aromatic heterocycles. The molecule has 98 valence electrons. The van der Waals surface area contributed by atoms with Gasteiger partial charge in [0.25, 0.3) is 0 Å². The van der Waals surface area contributed by atoms with E-state index in [-0.39, 0.29) is 0 Å². The van der Waals surface area contributed by atoms with Gasteiger partial charge >= 0.3 is 0 Å². The fourth-order valence-corrected chi connectivity index (χ4v) is 3.70. The van der Waals surface area contributed by atoms with Crippen molar-refractivity contribution in [3.63, 3.8) is 0 Å². The molecule has 1 aromatic rings. The van der Waals surface area contributed by atoms with Crippen molar-refractivity contribution in [2.24, 2.45) is 5.41 Å². The standard InChI is InChI=1S/C16H24N2/c1-12-4-3-5-13(2)15(12)18-14-10-16(11-14)6-8-17-9-7-16/h3-5,14,17-18H,6-11H2,1-2H3. The van der Waals surface area contributed by atoms with Gasteiger partial charge in [-0.15, -0.1) is 0 Å². The fraction of sp³-hybridized carbons (Fsp3) is 0.625. The summed E-state index contributed by atoms with van der Waals surface area (Å²) >= 11 is 0. The summed E-state index contributed by atoms with van der Waals surface area (Å²) in [6.45, 7) is 6.84. The van der Waals surface area contributed by atoms with Gasteiger partial charge < -0.3 is 10.6 Å². The molecule has 1 spiro atoms. The molecule has 0 radical (unpaired) electrons. The van der Waals surface area contributed by atoms with E-state index in [1.165, 1.54) is 55.6 Å². The van der Waals surface area contributed by atoms with Crippen LogP contribution in [-0.4, -0.2) is 19.1 Å². The first-order chi connectivity index (χ1) is 8.69. The monoisotopic (exact) mass is 244 g/mol. The average Bonchev–Trinajstić information content (AvgIpc) is 2.33. The molecule has 0 unspecified atom stereocenters. The number of aryl methyl sites for hydroxylation is 2. The average molecular weight is 244 g/mol. The lowest BCUT2D eigenvalue weighted by Crippen LogP contribution is -2.50. The Morgan fingerprint density at radius 1 is 1.11 bits per heavy atom. The van der Waals surface area contributed by atoms with Crippen molar-refractivity contribution in [1.82, 2.24) is 5.32 Å². The van der Waals surface area contributed by atoms with Crippen molar-refractivity contribution in [3.05, 3.63) is 29.3 Å². The van der Waals surface area contributed by atoms with Crippen LogP contribution in [-0.2, 0) is 0 Å². The molecule has 1 heterocycles. The first-order valence-corrected chi connectivity index (χ1v) is 7.22. The van der Waals surface area contributed by atoms with Crippen molar-refractivity contribution >= 4 is 5.69 Å². The van der Waals surface area contributed by atoms with Gasteiger partial charge in [0.15, 0.2) is 0 Å². The maximum absolute atomic E-state index is 3.77. The normalized spacial score (nSPS) is 22.8. The molecule has 2 aliphatic rings. The van der Waals surface area contributed by atoms with Gasteiger partial charge in [-0.1, -0.05) is 18.2 Å². The molecule has 1 saturated carbocycles. The maximum atomic E-state index is 3.77. The predicted octanol–water partition coefficient (Wildman–Crippen LogP) is 3.25. The maximum Gasteiger partial charge on any atom is 0.0401 e. The largest absolute Gasteiger partial charge is 0.382 e. The van der Waals surface area contributed by atoms with Crippen LogP contribution in [0.3, 0.4) is 0 Å². The number of anilines is 1. The summed E-state index contributed by atoms with van der Waals surface area (Å²) in [5, 5.41) is 7.24. The van der Waals surface area contributed by atoms with Crippen molar-refractivity contribution in [3.8, 4) is 0 Å². The van der Waals surface area contributed by atoms with Crippen molar-refractivity contribution in [2.45, 2.75) is 45.6 Å². The quantitative estimate of drug-likeness (QED) is 0.834. The van der Waals surface area contributed by atoms with E-state index < -0.39 is 0 Å². The number of hydrogen-bond donors (Lipinski definition) is 2. The number of hydrogen-bond acceptors (Lipinski definition) is 2. The molecule has 1 aromatic carbocycles. The Morgan fingerprint density at radius 3 is 2.33 bits per heavy atom. The molecule has 1 aliphatic carbocycles. The van der Waals surface area contributed by atoms with Gasteiger partial charge in [-0.3, -0.25) is 0 Å². The van der Waals surface area contributed by atoms with E-state index in [0.29, 0.717) is 11.5 Å². The molecule has 2 fully saturated rings. The molecule has 0 atom stereocenters. The molecule has 18 heavy (non-hydrogen) atoms.